The zero-order valence-electron chi connectivity index (χ0n) is 9.01. The molecule has 1 aromatic rings. The molecule has 0 amide bonds. The lowest BCUT2D eigenvalue weighted by Gasteiger charge is -2.07. The Morgan fingerprint density at radius 3 is 2.69 bits per heavy atom. The van der Waals surface area contributed by atoms with E-state index in [0.717, 1.165) is 4.68 Å². The number of nitrogens with two attached hydrogens (primary N) is 1. The lowest BCUT2D eigenvalue weighted by atomic mass is 10.4. The normalized spacial score (nSPS) is 10.4. The van der Waals surface area contributed by atoms with Crippen LogP contribution in [0.5, 0.6) is 0 Å². The van der Waals surface area contributed by atoms with Gasteiger partial charge in [-0.2, -0.15) is 5.10 Å². The van der Waals surface area contributed by atoms with Gasteiger partial charge in [-0.3, -0.25) is 9.48 Å². The number of aromatic nitrogens is 2. The predicted octanol–water partition coefficient (Wildman–Crippen LogP) is 0.115. The highest BCUT2D eigenvalue weighted by Gasteiger charge is 2.15. The first-order valence-corrected chi connectivity index (χ1v) is 4.66. The highest BCUT2D eigenvalue weighted by atomic mass is 16.5. The molecule has 7 heteroatoms. The SMILES string of the molecule is CC(C)OC(=O)Cn1cc(N)c(C(=O)O)n1. The van der Waals surface area contributed by atoms with Gasteiger partial charge in [0.2, 0.25) is 0 Å². The lowest BCUT2D eigenvalue weighted by molar-refractivity contribution is -0.148. The van der Waals surface area contributed by atoms with Crippen LogP contribution in [0.15, 0.2) is 6.20 Å². The van der Waals surface area contributed by atoms with Crippen LogP contribution in [0.4, 0.5) is 5.69 Å². The van der Waals surface area contributed by atoms with Gasteiger partial charge in [-0.15, -0.1) is 0 Å². The van der Waals surface area contributed by atoms with Crippen molar-refractivity contribution in [3.63, 3.8) is 0 Å². The topological polar surface area (TPSA) is 107 Å². The van der Waals surface area contributed by atoms with Gasteiger partial charge in [0.05, 0.1) is 11.8 Å². The summed E-state index contributed by atoms with van der Waals surface area (Å²) in [6, 6.07) is 0. The number of carbonyl (C=O) groups excluding carboxylic acids is 1. The van der Waals surface area contributed by atoms with Crippen molar-refractivity contribution < 1.29 is 19.4 Å². The molecule has 1 rings (SSSR count). The number of rotatable bonds is 4. The Kier molecular flexibility index (Phi) is 3.49. The molecule has 3 N–H and O–H groups in total. The maximum absolute atomic E-state index is 11.2. The molecular weight excluding hydrogens is 214 g/mol. The molecule has 7 nitrogen and oxygen atoms in total. The first kappa shape index (κ1) is 12.0. The third-order valence-corrected chi connectivity index (χ3v) is 1.65. The number of carboxylic acid groups (broad SMARTS) is 1. The standard InChI is InChI=1S/C9H13N3O4/c1-5(2)16-7(13)4-12-3-6(10)8(11-12)9(14)15/h3,5H,4,10H2,1-2H3,(H,14,15). The van der Waals surface area contributed by atoms with E-state index in [1.54, 1.807) is 13.8 Å². The first-order valence-electron chi connectivity index (χ1n) is 4.66. The summed E-state index contributed by atoms with van der Waals surface area (Å²) in [5, 5.41) is 12.3. The van der Waals surface area contributed by atoms with E-state index in [4.69, 9.17) is 15.6 Å². The molecule has 0 aliphatic rings. The third-order valence-electron chi connectivity index (χ3n) is 1.65. The minimum atomic E-state index is -1.23. The summed E-state index contributed by atoms with van der Waals surface area (Å²) in [5.41, 5.74) is 5.16. The number of hydrogen-bond acceptors (Lipinski definition) is 5. The molecule has 0 aliphatic heterocycles. The molecule has 1 heterocycles. The number of esters is 1. The Labute approximate surface area is 91.8 Å². The van der Waals surface area contributed by atoms with Crippen molar-refractivity contribution in [2.75, 3.05) is 5.73 Å². The van der Waals surface area contributed by atoms with Crippen LogP contribution in [0.2, 0.25) is 0 Å². The second kappa shape index (κ2) is 4.65. The predicted molar refractivity (Wildman–Crippen MR) is 54.8 cm³/mol. The van der Waals surface area contributed by atoms with Gasteiger partial charge in [-0.25, -0.2) is 4.79 Å². The minimum Gasteiger partial charge on any atom is -0.476 e. The number of ether oxygens (including phenoxy) is 1. The van der Waals surface area contributed by atoms with Crippen LogP contribution in [0.3, 0.4) is 0 Å². The van der Waals surface area contributed by atoms with Crippen LogP contribution >= 0.6 is 0 Å². The summed E-state index contributed by atoms with van der Waals surface area (Å²) >= 11 is 0. The van der Waals surface area contributed by atoms with E-state index in [9.17, 15) is 9.59 Å². The number of hydrogen-bond donors (Lipinski definition) is 2. The first-order chi connectivity index (χ1) is 7.40. The van der Waals surface area contributed by atoms with Crippen molar-refractivity contribution in [3.05, 3.63) is 11.9 Å². The number of anilines is 1. The number of carboxylic acids is 1. The van der Waals surface area contributed by atoms with E-state index in [-0.39, 0.29) is 24.0 Å². The number of aromatic carboxylic acids is 1. The Balaban J connectivity index is 2.72. The van der Waals surface area contributed by atoms with Gasteiger partial charge in [0, 0.05) is 6.20 Å². The monoisotopic (exact) mass is 227 g/mol. The van der Waals surface area contributed by atoms with Crippen LogP contribution in [-0.2, 0) is 16.1 Å². The van der Waals surface area contributed by atoms with Crippen LogP contribution in [0, 0.1) is 0 Å². The molecule has 1 aromatic heterocycles. The zero-order chi connectivity index (χ0) is 12.3. The molecular formula is C9H13N3O4. The molecule has 0 saturated heterocycles. The highest BCUT2D eigenvalue weighted by Crippen LogP contribution is 2.08. The van der Waals surface area contributed by atoms with E-state index in [1.165, 1.54) is 6.20 Å². The summed E-state index contributed by atoms with van der Waals surface area (Å²) < 4.78 is 6.02. The third kappa shape index (κ3) is 2.97. The molecule has 0 unspecified atom stereocenters. The van der Waals surface area contributed by atoms with Gasteiger partial charge in [0.25, 0.3) is 0 Å². The molecule has 88 valence electrons. The fraction of sp³-hybridized carbons (Fsp3) is 0.444. The van der Waals surface area contributed by atoms with Crippen molar-refractivity contribution in [1.82, 2.24) is 9.78 Å². The molecule has 0 radical (unpaired) electrons. The fourth-order valence-corrected chi connectivity index (χ4v) is 1.12. The maximum Gasteiger partial charge on any atom is 0.358 e. The molecule has 0 spiro atoms. The number of nitrogens with zero attached hydrogens (tertiary/aromatic N) is 2. The molecule has 0 aliphatic carbocycles. The van der Waals surface area contributed by atoms with E-state index >= 15 is 0 Å². The quantitative estimate of drug-likeness (QED) is 0.707. The van der Waals surface area contributed by atoms with Crippen molar-refractivity contribution >= 4 is 17.6 Å². The summed E-state index contributed by atoms with van der Waals surface area (Å²) in [7, 11) is 0. The van der Waals surface area contributed by atoms with Gasteiger partial charge in [-0.1, -0.05) is 0 Å². The number of nitrogen functional groups attached to an aromatic ring is 1. The van der Waals surface area contributed by atoms with Gasteiger partial charge in [-0.05, 0) is 13.8 Å². The fourth-order valence-electron chi connectivity index (χ4n) is 1.12. The molecule has 0 fully saturated rings. The smallest absolute Gasteiger partial charge is 0.358 e. The largest absolute Gasteiger partial charge is 0.476 e. The van der Waals surface area contributed by atoms with Gasteiger partial charge >= 0.3 is 11.9 Å². The Bertz CT molecular complexity index is 411. The summed E-state index contributed by atoms with van der Waals surface area (Å²) in [4.78, 5) is 21.9. The van der Waals surface area contributed by atoms with Gasteiger partial charge < -0.3 is 15.6 Å². The highest BCUT2D eigenvalue weighted by molar-refractivity contribution is 5.91. The molecule has 16 heavy (non-hydrogen) atoms. The van der Waals surface area contributed by atoms with Crippen LogP contribution in [0.1, 0.15) is 24.3 Å². The average molecular weight is 227 g/mol. The maximum atomic E-state index is 11.2. The van der Waals surface area contributed by atoms with Crippen LogP contribution in [0.25, 0.3) is 0 Å². The van der Waals surface area contributed by atoms with Crippen molar-refractivity contribution in [2.24, 2.45) is 0 Å². The zero-order valence-corrected chi connectivity index (χ0v) is 9.01. The van der Waals surface area contributed by atoms with Crippen LogP contribution < -0.4 is 5.73 Å². The Morgan fingerprint density at radius 2 is 2.25 bits per heavy atom. The van der Waals surface area contributed by atoms with Crippen molar-refractivity contribution in [2.45, 2.75) is 26.5 Å². The Morgan fingerprint density at radius 1 is 1.62 bits per heavy atom. The molecule has 0 bridgehead atoms. The summed E-state index contributed by atoms with van der Waals surface area (Å²) in [6.07, 6.45) is 1.06. The van der Waals surface area contributed by atoms with E-state index < -0.39 is 11.9 Å². The Hall–Kier alpha value is -2.05. The second-order valence-corrected chi connectivity index (χ2v) is 3.47. The molecule has 0 saturated carbocycles. The molecule has 0 aromatic carbocycles. The molecule has 0 atom stereocenters. The van der Waals surface area contributed by atoms with E-state index in [0.29, 0.717) is 0 Å². The van der Waals surface area contributed by atoms with Crippen molar-refractivity contribution in [1.29, 1.82) is 0 Å². The minimum absolute atomic E-state index is 0.0184. The van der Waals surface area contributed by atoms with E-state index in [2.05, 4.69) is 5.10 Å². The van der Waals surface area contributed by atoms with Crippen LogP contribution in [-0.4, -0.2) is 32.9 Å². The van der Waals surface area contributed by atoms with E-state index in [1.807, 2.05) is 0 Å². The lowest BCUT2D eigenvalue weighted by Crippen LogP contribution is -2.18. The van der Waals surface area contributed by atoms with Gasteiger partial charge in [0.15, 0.2) is 5.69 Å². The van der Waals surface area contributed by atoms with Crippen molar-refractivity contribution in [3.8, 4) is 0 Å². The van der Waals surface area contributed by atoms with Gasteiger partial charge in [0.1, 0.15) is 6.54 Å². The average Bonchev–Trinajstić information content (AvgIpc) is 2.44. The summed E-state index contributed by atoms with van der Waals surface area (Å²) in [5.74, 6) is -1.72. The second-order valence-electron chi connectivity index (χ2n) is 3.47. The number of carbonyl (C=O) groups is 2. The summed E-state index contributed by atoms with van der Waals surface area (Å²) in [6.45, 7) is 3.28.